The highest BCUT2D eigenvalue weighted by molar-refractivity contribution is 6.22. The Kier molecular flexibility index (Phi) is 4.52. The minimum Gasteiger partial charge on any atom is -0.356 e. The summed E-state index contributed by atoms with van der Waals surface area (Å²) in [5, 5.41) is 5.33. The zero-order valence-corrected chi connectivity index (χ0v) is 8.90. The minimum absolute atomic E-state index is 0.0155. The molecule has 0 saturated carbocycles. The molecule has 1 aliphatic heterocycles. The monoisotopic (exact) mass is 206 g/mol. The molecule has 1 fully saturated rings. The van der Waals surface area contributed by atoms with Crippen molar-refractivity contribution in [1.82, 2.24) is 10.6 Å². The van der Waals surface area contributed by atoms with Crippen LogP contribution in [0.5, 0.6) is 0 Å². The van der Waals surface area contributed by atoms with E-state index in [2.05, 4.69) is 37.6 Å². The zero-order chi connectivity index (χ0) is 10.4. The van der Waals surface area contributed by atoms with Crippen molar-refractivity contribution in [2.45, 2.75) is 18.9 Å². The maximum Gasteiger partial charge on any atom is 0.263 e. The second-order valence-corrected chi connectivity index (χ2v) is 3.43. The molecule has 0 aliphatic carbocycles. The molecule has 2 N–H and O–H groups in total. The Bertz CT molecular complexity index is 282. The summed E-state index contributed by atoms with van der Waals surface area (Å²) >= 11 is 2.27. The van der Waals surface area contributed by atoms with Gasteiger partial charge in [0.1, 0.15) is 0 Å². The molecule has 2 radical (unpaired) electrons. The van der Waals surface area contributed by atoms with Crippen LogP contribution in [0.25, 0.3) is 0 Å². The van der Waals surface area contributed by atoms with Crippen LogP contribution in [-0.2, 0) is 9.59 Å². The summed E-state index contributed by atoms with van der Waals surface area (Å²) in [6.45, 7) is 0.728. The molecular weight excluding hydrogens is 195 g/mol. The van der Waals surface area contributed by atoms with Crippen LogP contribution in [-0.4, -0.2) is 41.2 Å². The van der Waals surface area contributed by atoms with Crippen LogP contribution in [0.4, 0.5) is 0 Å². The Morgan fingerprint density at radius 2 is 2.57 bits per heavy atom. The van der Waals surface area contributed by atoms with Gasteiger partial charge >= 0.3 is 0 Å². The molecule has 0 aromatic carbocycles. The summed E-state index contributed by atoms with van der Waals surface area (Å²) in [4.78, 5) is 24.2. The van der Waals surface area contributed by atoms with E-state index >= 15 is 0 Å². The van der Waals surface area contributed by atoms with Crippen LogP contribution >= 0.6 is 0 Å². The highest BCUT2D eigenvalue weighted by Gasteiger charge is 2.26. The van der Waals surface area contributed by atoms with Crippen molar-refractivity contribution in [3.8, 4) is 10.7 Å². The van der Waals surface area contributed by atoms with E-state index < -0.39 is 0 Å². The molecule has 14 heavy (non-hydrogen) atoms. The lowest BCUT2D eigenvalue weighted by atomic mass is 9.99. The summed E-state index contributed by atoms with van der Waals surface area (Å²) in [6, 6.07) is -0.223. The standard InChI is InChI=1S/C9H11N2O2.Al/c1-2-8(11-6-12)5-7-3-4-10-9(7)13;/h6-8H,3-5H2,(H,10,13)(H,11,12);/t7-,8+;/m0./s1. The maximum atomic E-state index is 11.2. The first kappa shape index (κ1) is 11.1. The van der Waals surface area contributed by atoms with E-state index in [1.807, 2.05) is 0 Å². The second-order valence-electron chi connectivity index (χ2n) is 3.14. The number of carbonyl (C=O) groups is 2. The van der Waals surface area contributed by atoms with Crippen LogP contribution in [0.3, 0.4) is 0 Å². The number of hydrogen-bond acceptors (Lipinski definition) is 2. The molecule has 0 spiro atoms. The highest BCUT2D eigenvalue weighted by atomic mass is 27.0. The fraction of sp³-hybridized carbons (Fsp3) is 0.556. The van der Waals surface area contributed by atoms with Gasteiger partial charge in [-0.05, 0) is 12.8 Å². The van der Waals surface area contributed by atoms with Gasteiger partial charge in [0.15, 0.2) is 0 Å². The minimum atomic E-state index is -0.223. The lowest BCUT2D eigenvalue weighted by Crippen LogP contribution is -2.31. The largest absolute Gasteiger partial charge is 0.356 e. The van der Waals surface area contributed by atoms with Crippen molar-refractivity contribution in [3.63, 3.8) is 0 Å². The van der Waals surface area contributed by atoms with E-state index in [-0.39, 0.29) is 17.9 Å². The normalized spacial score (nSPS) is 21.7. The van der Waals surface area contributed by atoms with E-state index in [0.29, 0.717) is 12.8 Å². The number of hydrogen-bond donors (Lipinski definition) is 2. The quantitative estimate of drug-likeness (QED) is 0.343. The number of rotatable bonds is 4. The average Bonchev–Trinajstić information content (AvgIpc) is 2.53. The van der Waals surface area contributed by atoms with E-state index in [9.17, 15) is 9.59 Å². The average molecular weight is 206 g/mol. The third kappa shape index (κ3) is 3.07. The lowest BCUT2D eigenvalue weighted by molar-refractivity contribution is -0.123. The molecule has 1 rings (SSSR count). The van der Waals surface area contributed by atoms with Gasteiger partial charge in [-0.3, -0.25) is 9.59 Å². The van der Waals surface area contributed by atoms with Crippen molar-refractivity contribution in [2.24, 2.45) is 5.92 Å². The van der Waals surface area contributed by atoms with Gasteiger partial charge in [0.25, 0.3) is 16.3 Å². The molecule has 1 heterocycles. The topological polar surface area (TPSA) is 58.2 Å². The molecule has 1 saturated heterocycles. The van der Waals surface area contributed by atoms with Crippen molar-refractivity contribution >= 4 is 28.6 Å². The molecule has 0 aromatic rings. The summed E-state index contributed by atoms with van der Waals surface area (Å²) in [6.07, 6.45) is 2.03. The van der Waals surface area contributed by atoms with Gasteiger partial charge in [0.2, 0.25) is 12.3 Å². The fourth-order valence-electron chi connectivity index (χ4n) is 1.51. The van der Waals surface area contributed by atoms with Crippen molar-refractivity contribution in [2.75, 3.05) is 6.54 Å². The van der Waals surface area contributed by atoms with Gasteiger partial charge in [-0.1, -0.05) is 0 Å². The molecule has 72 valence electrons. The van der Waals surface area contributed by atoms with Crippen LogP contribution in [0.15, 0.2) is 0 Å². The summed E-state index contributed by atoms with van der Waals surface area (Å²) in [5.74, 6) is 2.87. The van der Waals surface area contributed by atoms with Gasteiger partial charge in [-0.2, -0.15) is 0 Å². The van der Waals surface area contributed by atoms with E-state index in [1.54, 1.807) is 0 Å². The van der Waals surface area contributed by atoms with E-state index in [4.69, 9.17) is 0 Å². The Morgan fingerprint density at radius 3 is 3.07 bits per heavy atom. The lowest BCUT2D eigenvalue weighted by Gasteiger charge is -2.12. The predicted molar refractivity (Wildman–Crippen MR) is 52.3 cm³/mol. The maximum absolute atomic E-state index is 11.2. The molecule has 0 unspecified atom stereocenters. The second kappa shape index (κ2) is 5.70. The summed E-state index contributed by atoms with van der Waals surface area (Å²) in [7, 11) is 0. The number of carbonyl (C=O) groups excluding carboxylic acids is 2. The van der Waals surface area contributed by atoms with Gasteiger partial charge < -0.3 is 10.6 Å². The van der Waals surface area contributed by atoms with Gasteiger partial charge in [-0.15, -0.1) is 5.92 Å². The molecule has 0 bridgehead atoms. The Labute approximate surface area is 91.2 Å². The van der Waals surface area contributed by atoms with E-state index in [1.165, 1.54) is 0 Å². The molecule has 2 atom stereocenters. The SMILES string of the molecule is O=CN[C@H](C#[C][Al])C[C@@H]1CCNC1=O. The van der Waals surface area contributed by atoms with Crippen molar-refractivity contribution in [1.29, 1.82) is 0 Å². The number of amides is 2. The highest BCUT2D eigenvalue weighted by Crippen LogP contribution is 2.15. The van der Waals surface area contributed by atoms with Crippen LogP contribution < -0.4 is 10.6 Å². The third-order valence-electron chi connectivity index (χ3n) is 2.21. The number of nitrogens with one attached hydrogen (secondary N) is 2. The van der Waals surface area contributed by atoms with E-state index in [0.717, 1.165) is 13.0 Å². The predicted octanol–water partition coefficient (Wildman–Crippen LogP) is -1.24. The van der Waals surface area contributed by atoms with Crippen LogP contribution in [0.2, 0.25) is 0 Å². The first-order chi connectivity index (χ1) is 6.77. The smallest absolute Gasteiger partial charge is 0.263 e. The molecule has 4 nitrogen and oxygen atoms in total. The zero-order valence-electron chi connectivity index (χ0n) is 7.75. The summed E-state index contributed by atoms with van der Waals surface area (Å²) in [5.41, 5.74) is 0. The molecule has 0 aromatic heterocycles. The van der Waals surface area contributed by atoms with Crippen LogP contribution in [0.1, 0.15) is 12.8 Å². The molecule has 2 amide bonds. The first-order valence-electron chi connectivity index (χ1n) is 4.46. The van der Waals surface area contributed by atoms with Gasteiger partial charge in [0.05, 0.1) is 6.04 Å². The molecule has 5 heteroatoms. The third-order valence-corrected chi connectivity index (χ3v) is 2.38. The Morgan fingerprint density at radius 1 is 1.79 bits per heavy atom. The first-order valence-corrected chi connectivity index (χ1v) is 5.04. The van der Waals surface area contributed by atoms with Crippen molar-refractivity contribution in [3.05, 3.63) is 0 Å². The fourth-order valence-corrected chi connectivity index (χ4v) is 1.71. The van der Waals surface area contributed by atoms with Gasteiger partial charge in [0, 0.05) is 12.5 Å². The molecule has 1 aliphatic rings. The van der Waals surface area contributed by atoms with Gasteiger partial charge in [-0.25, -0.2) is 4.78 Å². The summed E-state index contributed by atoms with van der Waals surface area (Å²) < 4.78 is 0. The Hall–Kier alpha value is -0.968. The Balaban J connectivity index is 2.48. The molecular formula is C9H11AlN2O2. The van der Waals surface area contributed by atoms with Crippen molar-refractivity contribution < 1.29 is 9.59 Å². The van der Waals surface area contributed by atoms with Crippen LogP contribution in [0, 0.1) is 16.6 Å².